The molecule has 1 aromatic rings. The van der Waals surface area contributed by atoms with E-state index in [1.165, 1.54) is 10.5 Å². The van der Waals surface area contributed by atoms with Gasteiger partial charge in [0, 0.05) is 51.6 Å². The van der Waals surface area contributed by atoms with Crippen LogP contribution in [-0.4, -0.2) is 90.9 Å². The Morgan fingerprint density at radius 3 is 2.50 bits per heavy atom. The number of unbranched alkanes of at least 4 members (excludes halogenated alkanes) is 1. The average Bonchev–Trinajstić information content (AvgIpc) is 3.38. The second-order valence-corrected chi connectivity index (χ2v) is 11.1. The van der Waals surface area contributed by atoms with Crippen molar-refractivity contribution in [3.05, 3.63) is 35.9 Å². The van der Waals surface area contributed by atoms with Crippen LogP contribution in [-0.2, 0) is 20.8 Å². The predicted molar refractivity (Wildman–Crippen MR) is 149 cm³/mol. The third kappa shape index (κ3) is 7.14. The molecule has 3 amide bonds. The van der Waals surface area contributed by atoms with E-state index in [-0.39, 0.29) is 17.9 Å². The van der Waals surface area contributed by atoms with E-state index in [1.54, 1.807) is 0 Å². The minimum absolute atomic E-state index is 0.0387. The van der Waals surface area contributed by atoms with Crippen molar-refractivity contribution >= 4 is 11.9 Å². The molecule has 0 unspecified atom stereocenters. The Labute approximate surface area is 229 Å². The van der Waals surface area contributed by atoms with Crippen LogP contribution in [0.25, 0.3) is 0 Å². The molecule has 38 heavy (non-hydrogen) atoms. The summed E-state index contributed by atoms with van der Waals surface area (Å²) in [4.78, 5) is 33.5. The Hall–Kier alpha value is -2.00. The van der Waals surface area contributed by atoms with Crippen LogP contribution in [0.5, 0.6) is 0 Å². The first-order chi connectivity index (χ1) is 18.5. The predicted octanol–water partition coefficient (Wildman–Crippen LogP) is 4.10. The van der Waals surface area contributed by atoms with Gasteiger partial charge in [-0.2, -0.15) is 0 Å². The maximum Gasteiger partial charge on any atom is 0.324 e. The molecule has 8 nitrogen and oxygen atoms in total. The molecule has 212 valence electrons. The van der Waals surface area contributed by atoms with Gasteiger partial charge in [-0.15, -0.1) is 0 Å². The molecule has 2 saturated heterocycles. The van der Waals surface area contributed by atoms with Crippen LogP contribution in [0.2, 0.25) is 0 Å². The number of carbonyl (C=O) groups excluding carboxylic acids is 2. The highest BCUT2D eigenvalue weighted by Gasteiger charge is 2.50. The number of benzene rings is 1. The van der Waals surface area contributed by atoms with Crippen molar-refractivity contribution in [3.8, 4) is 0 Å². The van der Waals surface area contributed by atoms with Crippen LogP contribution < -0.4 is 5.32 Å². The molecule has 1 aromatic carbocycles. The van der Waals surface area contributed by atoms with Crippen molar-refractivity contribution in [1.82, 2.24) is 20.0 Å². The Morgan fingerprint density at radius 1 is 1.08 bits per heavy atom. The topological polar surface area (TPSA) is 74.4 Å². The number of hydrogen-bond acceptors (Lipinski definition) is 6. The molecule has 3 atom stereocenters. The molecule has 0 aromatic heterocycles. The minimum Gasteiger partial charge on any atom is -0.348 e. The van der Waals surface area contributed by atoms with Crippen LogP contribution in [0, 0.1) is 11.8 Å². The normalized spacial score (nSPS) is 24.9. The molecule has 1 spiro atoms. The lowest BCUT2D eigenvalue weighted by Crippen LogP contribution is -2.58. The van der Waals surface area contributed by atoms with E-state index in [9.17, 15) is 9.59 Å². The molecule has 0 radical (unpaired) electrons. The number of amides is 3. The maximum atomic E-state index is 14.0. The molecule has 0 bridgehead atoms. The van der Waals surface area contributed by atoms with Crippen LogP contribution in [0.1, 0.15) is 64.9 Å². The summed E-state index contributed by atoms with van der Waals surface area (Å²) >= 11 is 0. The third-order valence-electron chi connectivity index (χ3n) is 8.69. The van der Waals surface area contributed by atoms with Crippen molar-refractivity contribution in [1.29, 1.82) is 0 Å². The summed E-state index contributed by atoms with van der Waals surface area (Å²) in [6, 6.07) is 10.6. The maximum absolute atomic E-state index is 14.0. The zero-order valence-electron chi connectivity index (χ0n) is 23.7. The van der Waals surface area contributed by atoms with E-state index < -0.39 is 5.79 Å². The first-order valence-corrected chi connectivity index (χ1v) is 14.9. The third-order valence-corrected chi connectivity index (χ3v) is 8.69. The Morgan fingerprint density at radius 2 is 1.82 bits per heavy atom. The largest absolute Gasteiger partial charge is 0.348 e. The van der Waals surface area contributed by atoms with Gasteiger partial charge in [0.15, 0.2) is 5.79 Å². The van der Waals surface area contributed by atoms with Gasteiger partial charge in [0.25, 0.3) is 0 Å². The van der Waals surface area contributed by atoms with Crippen LogP contribution in [0.4, 0.5) is 4.79 Å². The van der Waals surface area contributed by atoms with Gasteiger partial charge in [-0.1, -0.05) is 57.5 Å². The first-order valence-electron chi connectivity index (χ1n) is 14.9. The molecular formula is C30H48N4O4. The second kappa shape index (κ2) is 13.9. The minimum atomic E-state index is -0.492. The number of likely N-dealkylation sites (tertiary alicyclic amines) is 1. The number of hydrogen-bond donors (Lipinski definition) is 1. The number of rotatable bonds is 11. The highest BCUT2D eigenvalue weighted by molar-refractivity contribution is 5.95. The highest BCUT2D eigenvalue weighted by Crippen LogP contribution is 2.46. The van der Waals surface area contributed by atoms with Gasteiger partial charge < -0.3 is 19.7 Å². The summed E-state index contributed by atoms with van der Waals surface area (Å²) in [5.41, 5.74) is 1.25. The number of nitrogens with zero attached hydrogens (tertiary/aromatic N) is 3. The smallest absolute Gasteiger partial charge is 0.324 e. The number of fused-ring (bicyclic) bond motifs is 1. The molecule has 2 aliphatic heterocycles. The first kappa shape index (κ1) is 29.0. The molecule has 3 fully saturated rings. The summed E-state index contributed by atoms with van der Waals surface area (Å²) in [5.74, 6) is -0.453. The van der Waals surface area contributed by atoms with Crippen molar-refractivity contribution in [2.45, 2.75) is 77.7 Å². The molecule has 1 aliphatic carbocycles. The van der Waals surface area contributed by atoms with E-state index in [1.807, 2.05) is 6.07 Å². The number of nitrogens with one attached hydrogen (secondary N) is 1. The second-order valence-electron chi connectivity index (χ2n) is 11.1. The van der Waals surface area contributed by atoms with Crippen molar-refractivity contribution < 1.29 is 19.1 Å². The zero-order valence-corrected chi connectivity index (χ0v) is 23.7. The number of carbonyl (C=O) groups is 2. The lowest BCUT2D eigenvalue weighted by molar-refractivity contribution is -0.204. The van der Waals surface area contributed by atoms with E-state index in [0.717, 1.165) is 64.7 Å². The summed E-state index contributed by atoms with van der Waals surface area (Å²) in [7, 11) is 0. The lowest BCUT2D eigenvalue weighted by Gasteiger charge is -2.50. The van der Waals surface area contributed by atoms with Gasteiger partial charge in [-0.25, -0.2) is 4.79 Å². The van der Waals surface area contributed by atoms with Gasteiger partial charge in [0.05, 0.1) is 19.1 Å². The SMILES string of the molecule is CCCCN(C(=O)NCCN(CC)CC)C(=O)[C@@H]1C[C@@H]2CC3(CC[C@H]2N(Cc2ccccc2)C1)OCCO3. The van der Waals surface area contributed by atoms with Crippen LogP contribution >= 0.6 is 0 Å². The monoisotopic (exact) mass is 528 g/mol. The fourth-order valence-electron chi connectivity index (χ4n) is 6.56. The van der Waals surface area contributed by atoms with Gasteiger partial charge in [-0.3, -0.25) is 14.6 Å². The summed E-state index contributed by atoms with van der Waals surface area (Å²) < 4.78 is 12.2. The number of imide groups is 1. The molecule has 1 saturated carbocycles. The Kier molecular flexibility index (Phi) is 10.6. The zero-order chi connectivity index (χ0) is 27.0. The number of piperidine rings is 1. The van der Waals surface area contributed by atoms with Crippen molar-refractivity contribution in [3.63, 3.8) is 0 Å². The summed E-state index contributed by atoms with van der Waals surface area (Å²) in [6.45, 7) is 12.8. The van der Waals surface area contributed by atoms with Gasteiger partial charge >= 0.3 is 6.03 Å². The fraction of sp³-hybridized carbons (Fsp3) is 0.733. The van der Waals surface area contributed by atoms with E-state index >= 15 is 0 Å². The van der Waals surface area contributed by atoms with E-state index in [0.29, 0.717) is 44.8 Å². The van der Waals surface area contributed by atoms with Crippen molar-refractivity contribution in [2.24, 2.45) is 11.8 Å². The van der Waals surface area contributed by atoms with Crippen molar-refractivity contribution in [2.75, 3.05) is 52.5 Å². The molecule has 1 N–H and O–H groups in total. The van der Waals surface area contributed by atoms with E-state index in [2.05, 4.69) is 60.2 Å². The standard InChI is InChI=1S/C30H48N4O4/c1-4-7-16-34(29(36)31-15-17-32(5-2)6-3)28(35)26-20-25-21-30(37-18-19-38-30)14-13-27(25)33(23-26)22-24-11-9-8-10-12-24/h8-12,25-27H,4-7,13-23H2,1-3H3,(H,31,36)/t25-,26-,27-/m1/s1. The van der Waals surface area contributed by atoms with Gasteiger partial charge in [0.2, 0.25) is 5.91 Å². The lowest BCUT2D eigenvalue weighted by atomic mass is 9.72. The van der Waals surface area contributed by atoms with Gasteiger partial charge in [-0.05, 0) is 43.8 Å². The fourth-order valence-corrected chi connectivity index (χ4v) is 6.56. The quantitative estimate of drug-likeness (QED) is 0.466. The Bertz CT molecular complexity index is 887. The molecule has 2 heterocycles. The molecular weight excluding hydrogens is 480 g/mol. The summed E-state index contributed by atoms with van der Waals surface area (Å²) in [5, 5.41) is 3.03. The molecule has 4 rings (SSSR count). The van der Waals surface area contributed by atoms with Gasteiger partial charge in [0.1, 0.15) is 0 Å². The molecule has 8 heteroatoms. The number of likely N-dealkylation sites (N-methyl/N-ethyl adjacent to an activating group) is 1. The molecule has 3 aliphatic rings. The van der Waals surface area contributed by atoms with E-state index in [4.69, 9.17) is 9.47 Å². The average molecular weight is 529 g/mol. The Balaban J connectivity index is 1.49. The highest BCUT2D eigenvalue weighted by atomic mass is 16.7. The van der Waals surface area contributed by atoms with Crippen LogP contribution in [0.3, 0.4) is 0 Å². The summed E-state index contributed by atoms with van der Waals surface area (Å²) in [6.07, 6.45) is 5.24. The number of urea groups is 1. The number of ether oxygens (including phenoxy) is 2. The van der Waals surface area contributed by atoms with Crippen LogP contribution in [0.15, 0.2) is 30.3 Å².